The van der Waals surface area contributed by atoms with E-state index in [-0.39, 0.29) is 0 Å². The van der Waals surface area contributed by atoms with Crippen LogP contribution < -0.4 is 15.4 Å². The smallest absolute Gasteiger partial charge is 0.171 e. The summed E-state index contributed by atoms with van der Waals surface area (Å²) in [6.45, 7) is 2.38. The van der Waals surface area contributed by atoms with Gasteiger partial charge in [-0.05, 0) is 37.3 Å². The number of anilines is 1. The third kappa shape index (κ3) is 4.54. The highest BCUT2D eigenvalue weighted by atomic mass is 35.5. The molecule has 1 heterocycles. The summed E-state index contributed by atoms with van der Waals surface area (Å²) in [6, 6.07) is 5.28. The average molecular weight is 323 g/mol. The number of rotatable bonds is 4. The molecule has 0 unspecified atom stereocenters. The van der Waals surface area contributed by atoms with Gasteiger partial charge in [0.1, 0.15) is 5.75 Å². The van der Waals surface area contributed by atoms with Gasteiger partial charge in [-0.15, -0.1) is 0 Å². The quantitative estimate of drug-likeness (QED) is 0.844. The molecule has 7 heteroatoms. The number of aromatic nitrogens is 2. The molecule has 0 radical (unpaired) electrons. The Morgan fingerprint density at radius 2 is 2.14 bits per heavy atom. The molecule has 0 aliphatic carbocycles. The zero-order valence-corrected chi connectivity index (χ0v) is 13.3. The fourth-order valence-corrected chi connectivity index (χ4v) is 1.98. The predicted molar refractivity (Wildman–Crippen MR) is 87.8 cm³/mol. The molecule has 0 atom stereocenters. The fourth-order valence-electron chi connectivity index (χ4n) is 1.63. The van der Waals surface area contributed by atoms with Crippen molar-refractivity contribution in [3.8, 4) is 5.75 Å². The van der Waals surface area contributed by atoms with Crippen molar-refractivity contribution in [2.45, 2.75) is 13.5 Å². The van der Waals surface area contributed by atoms with E-state index in [9.17, 15) is 0 Å². The van der Waals surface area contributed by atoms with Crippen molar-refractivity contribution in [1.29, 1.82) is 0 Å². The Bertz CT molecular complexity index is 633. The first kappa shape index (κ1) is 15.5. The molecule has 1 aromatic heterocycles. The topological polar surface area (TPSA) is 59.1 Å². The first-order chi connectivity index (χ1) is 10.1. The Morgan fingerprint density at radius 3 is 2.81 bits per heavy atom. The Hall–Kier alpha value is -1.92. The number of aryl methyl sites for hydroxylation is 1. The maximum atomic E-state index is 5.97. The molecule has 2 aromatic rings. The van der Waals surface area contributed by atoms with Crippen molar-refractivity contribution in [1.82, 2.24) is 15.3 Å². The molecule has 5 nitrogen and oxygen atoms in total. The minimum absolute atomic E-state index is 0.456. The average Bonchev–Trinajstić information content (AvgIpc) is 2.47. The van der Waals surface area contributed by atoms with Crippen LogP contribution >= 0.6 is 23.8 Å². The SMILES string of the molecule is COc1ccc(Cl)cc1NC(=S)NCc1cnc(C)cn1. The van der Waals surface area contributed by atoms with Gasteiger partial charge in [-0.3, -0.25) is 9.97 Å². The lowest BCUT2D eigenvalue weighted by Crippen LogP contribution is -2.28. The number of hydrogen-bond acceptors (Lipinski definition) is 4. The number of hydrogen-bond donors (Lipinski definition) is 2. The summed E-state index contributed by atoms with van der Waals surface area (Å²) < 4.78 is 5.25. The van der Waals surface area contributed by atoms with Gasteiger partial charge in [-0.25, -0.2) is 0 Å². The highest BCUT2D eigenvalue weighted by Gasteiger charge is 2.06. The second kappa shape index (κ2) is 7.19. The Morgan fingerprint density at radius 1 is 1.33 bits per heavy atom. The number of nitrogens with zero attached hydrogens (tertiary/aromatic N) is 2. The van der Waals surface area contributed by atoms with Crippen LogP contribution in [0.5, 0.6) is 5.75 Å². The van der Waals surface area contributed by atoms with Gasteiger partial charge >= 0.3 is 0 Å². The molecule has 0 saturated heterocycles. The van der Waals surface area contributed by atoms with Gasteiger partial charge in [0.05, 0.1) is 36.9 Å². The van der Waals surface area contributed by atoms with Crippen LogP contribution in [0.1, 0.15) is 11.4 Å². The molecule has 21 heavy (non-hydrogen) atoms. The van der Waals surface area contributed by atoms with E-state index in [0.717, 1.165) is 11.4 Å². The molecule has 0 bridgehead atoms. The third-order valence-corrected chi connectivity index (χ3v) is 3.16. The standard InChI is InChI=1S/C14H15ClN4OS/c1-9-6-17-11(7-16-9)8-18-14(21)19-12-5-10(15)3-4-13(12)20-2/h3-7H,8H2,1-2H3,(H2,18,19,21). The summed E-state index contributed by atoms with van der Waals surface area (Å²) in [5, 5.41) is 7.16. The van der Waals surface area contributed by atoms with Gasteiger partial charge in [-0.2, -0.15) is 0 Å². The van der Waals surface area contributed by atoms with Crippen LogP contribution in [0.4, 0.5) is 5.69 Å². The summed E-state index contributed by atoms with van der Waals surface area (Å²) in [5.41, 5.74) is 2.39. The lowest BCUT2D eigenvalue weighted by molar-refractivity contribution is 0.417. The van der Waals surface area contributed by atoms with Crippen LogP contribution in [0.25, 0.3) is 0 Å². The second-order valence-electron chi connectivity index (χ2n) is 4.30. The number of benzene rings is 1. The largest absolute Gasteiger partial charge is 0.495 e. The van der Waals surface area contributed by atoms with Crippen molar-refractivity contribution in [2.24, 2.45) is 0 Å². The molecule has 0 fully saturated rings. The Balaban J connectivity index is 1.95. The van der Waals surface area contributed by atoms with Crippen molar-refractivity contribution in [2.75, 3.05) is 12.4 Å². The van der Waals surface area contributed by atoms with Crippen LogP contribution in [0.2, 0.25) is 5.02 Å². The molecular weight excluding hydrogens is 308 g/mol. The normalized spacial score (nSPS) is 10.0. The zero-order chi connectivity index (χ0) is 15.2. The molecule has 0 amide bonds. The van der Waals surface area contributed by atoms with E-state index in [2.05, 4.69) is 20.6 Å². The molecular formula is C14H15ClN4OS. The van der Waals surface area contributed by atoms with Gasteiger partial charge in [0, 0.05) is 11.2 Å². The fraction of sp³-hybridized carbons (Fsp3) is 0.214. The number of methoxy groups -OCH3 is 1. The molecule has 0 saturated carbocycles. The maximum absolute atomic E-state index is 5.97. The van der Waals surface area contributed by atoms with Gasteiger partial charge in [0.15, 0.2) is 5.11 Å². The number of thiocarbonyl (C=S) groups is 1. The van der Waals surface area contributed by atoms with E-state index in [4.69, 9.17) is 28.6 Å². The minimum Gasteiger partial charge on any atom is -0.495 e. The van der Waals surface area contributed by atoms with E-state index < -0.39 is 0 Å². The van der Waals surface area contributed by atoms with Crippen LogP contribution in [-0.2, 0) is 6.54 Å². The Labute approximate surface area is 133 Å². The van der Waals surface area contributed by atoms with Gasteiger partial charge < -0.3 is 15.4 Å². The van der Waals surface area contributed by atoms with Crippen LogP contribution in [-0.4, -0.2) is 22.2 Å². The first-order valence-electron chi connectivity index (χ1n) is 6.24. The summed E-state index contributed by atoms with van der Waals surface area (Å²) in [5.74, 6) is 0.665. The van der Waals surface area contributed by atoms with Gasteiger partial charge in [0.25, 0.3) is 0 Å². The third-order valence-electron chi connectivity index (χ3n) is 2.67. The van der Waals surface area contributed by atoms with Crippen LogP contribution in [0.3, 0.4) is 0 Å². The molecule has 0 spiro atoms. The van der Waals surface area contributed by atoms with Crippen molar-refractivity contribution >= 4 is 34.6 Å². The first-order valence-corrected chi connectivity index (χ1v) is 7.03. The molecule has 0 aliphatic rings. The van der Waals surface area contributed by atoms with Gasteiger partial charge in [0.2, 0.25) is 0 Å². The molecule has 1 aromatic carbocycles. The minimum atomic E-state index is 0.456. The van der Waals surface area contributed by atoms with E-state index in [1.54, 1.807) is 37.7 Å². The van der Waals surface area contributed by atoms with E-state index in [1.807, 2.05) is 6.92 Å². The maximum Gasteiger partial charge on any atom is 0.171 e. The highest BCUT2D eigenvalue weighted by molar-refractivity contribution is 7.80. The summed E-state index contributed by atoms with van der Waals surface area (Å²) >= 11 is 11.2. The molecule has 2 N–H and O–H groups in total. The van der Waals surface area contributed by atoms with Crippen molar-refractivity contribution < 1.29 is 4.74 Å². The Kier molecular flexibility index (Phi) is 5.30. The van der Waals surface area contributed by atoms with Crippen molar-refractivity contribution in [3.63, 3.8) is 0 Å². The van der Waals surface area contributed by atoms with Crippen LogP contribution in [0.15, 0.2) is 30.6 Å². The van der Waals surface area contributed by atoms with E-state index >= 15 is 0 Å². The summed E-state index contributed by atoms with van der Waals surface area (Å²) in [4.78, 5) is 8.42. The number of ether oxygens (including phenoxy) is 1. The lowest BCUT2D eigenvalue weighted by atomic mass is 10.3. The lowest BCUT2D eigenvalue weighted by Gasteiger charge is -2.13. The van der Waals surface area contributed by atoms with E-state index in [0.29, 0.717) is 28.1 Å². The zero-order valence-electron chi connectivity index (χ0n) is 11.7. The molecule has 2 rings (SSSR count). The highest BCUT2D eigenvalue weighted by Crippen LogP contribution is 2.27. The molecule has 110 valence electrons. The van der Waals surface area contributed by atoms with Gasteiger partial charge in [-0.1, -0.05) is 11.6 Å². The number of halogens is 1. The summed E-state index contributed by atoms with van der Waals surface area (Å²) in [7, 11) is 1.59. The summed E-state index contributed by atoms with van der Waals surface area (Å²) in [6.07, 6.45) is 3.43. The van der Waals surface area contributed by atoms with Crippen molar-refractivity contribution in [3.05, 3.63) is 47.0 Å². The van der Waals surface area contributed by atoms with E-state index in [1.165, 1.54) is 0 Å². The molecule has 0 aliphatic heterocycles. The van der Waals surface area contributed by atoms with Crippen LogP contribution in [0, 0.1) is 6.92 Å². The monoisotopic (exact) mass is 322 g/mol. The second-order valence-corrected chi connectivity index (χ2v) is 5.15. The predicted octanol–water partition coefficient (Wildman–Crippen LogP) is 2.93. The number of nitrogens with one attached hydrogen (secondary N) is 2.